The molecule has 3 aromatic rings. The van der Waals surface area contributed by atoms with E-state index in [1.54, 1.807) is 6.20 Å². The fourth-order valence-corrected chi connectivity index (χ4v) is 3.72. The predicted molar refractivity (Wildman–Crippen MR) is 110 cm³/mol. The fraction of sp³-hybridized carbons (Fsp3) is 0.333. The molecule has 1 fully saturated rings. The Morgan fingerprint density at radius 3 is 2.56 bits per heavy atom. The lowest BCUT2D eigenvalue weighted by atomic mass is 10.1. The zero-order chi connectivity index (χ0) is 23.0. The van der Waals surface area contributed by atoms with Crippen LogP contribution in [0.3, 0.4) is 0 Å². The Kier molecular flexibility index (Phi) is 5.59. The van der Waals surface area contributed by atoms with Crippen LogP contribution < -0.4 is 5.32 Å². The van der Waals surface area contributed by atoms with E-state index in [1.807, 2.05) is 11.7 Å². The predicted octanol–water partition coefficient (Wildman–Crippen LogP) is 3.67. The van der Waals surface area contributed by atoms with E-state index < -0.39 is 29.4 Å². The highest BCUT2D eigenvalue weighted by atomic mass is 19.4. The molecule has 0 atom stereocenters. The summed E-state index contributed by atoms with van der Waals surface area (Å²) in [6, 6.07) is 5.93. The molecule has 8 nitrogen and oxygen atoms in total. The van der Waals surface area contributed by atoms with Crippen molar-refractivity contribution in [2.24, 2.45) is 0 Å². The van der Waals surface area contributed by atoms with Crippen molar-refractivity contribution in [2.75, 3.05) is 25.5 Å². The van der Waals surface area contributed by atoms with Crippen LogP contribution in [-0.4, -0.2) is 56.8 Å². The van der Waals surface area contributed by atoms with Crippen LogP contribution in [0, 0.1) is 0 Å². The summed E-state index contributed by atoms with van der Waals surface area (Å²) in [6.45, 7) is 1.85. The van der Waals surface area contributed by atoms with Gasteiger partial charge in [0.1, 0.15) is 11.4 Å². The lowest BCUT2D eigenvalue weighted by Crippen LogP contribution is -2.31. The molecular formula is C21H20F3N5O3. The monoisotopic (exact) mass is 447 g/mol. The number of piperidine rings is 1. The molecule has 1 aliphatic rings. The van der Waals surface area contributed by atoms with Gasteiger partial charge in [-0.1, -0.05) is 6.07 Å². The van der Waals surface area contributed by atoms with Crippen molar-refractivity contribution >= 4 is 28.5 Å². The van der Waals surface area contributed by atoms with E-state index in [9.17, 15) is 27.9 Å². The summed E-state index contributed by atoms with van der Waals surface area (Å²) in [5, 5.41) is 17.1. The number of aromatic nitrogens is 3. The fourth-order valence-electron chi connectivity index (χ4n) is 3.72. The molecule has 1 amide bonds. The van der Waals surface area contributed by atoms with Crippen LogP contribution in [0.4, 0.5) is 18.9 Å². The van der Waals surface area contributed by atoms with E-state index in [4.69, 9.17) is 0 Å². The van der Waals surface area contributed by atoms with Gasteiger partial charge in [0.05, 0.1) is 22.8 Å². The van der Waals surface area contributed by atoms with Crippen LogP contribution >= 0.6 is 0 Å². The number of nitrogens with zero attached hydrogens (tertiary/aromatic N) is 4. The Bertz CT molecular complexity index is 1180. The molecule has 2 N–H and O–H groups in total. The summed E-state index contributed by atoms with van der Waals surface area (Å²) in [4.78, 5) is 29.8. The number of hydrogen-bond donors (Lipinski definition) is 2. The zero-order valence-electron chi connectivity index (χ0n) is 17.1. The maximum absolute atomic E-state index is 12.9. The number of fused-ring (bicyclic) bond motifs is 1. The van der Waals surface area contributed by atoms with Crippen molar-refractivity contribution < 1.29 is 27.9 Å². The molecule has 4 rings (SSSR count). The lowest BCUT2D eigenvalue weighted by Gasteiger charge is -2.28. The number of alkyl halides is 3. The summed E-state index contributed by atoms with van der Waals surface area (Å²) in [5.41, 5.74) is -1.49. The van der Waals surface area contributed by atoms with Gasteiger partial charge in [-0.25, -0.2) is 9.78 Å². The number of carbonyl (C=O) groups excluding carboxylic acids is 1. The molecule has 3 heterocycles. The van der Waals surface area contributed by atoms with Crippen LogP contribution in [0.5, 0.6) is 0 Å². The highest BCUT2D eigenvalue weighted by molar-refractivity contribution is 6.08. The average molecular weight is 447 g/mol. The van der Waals surface area contributed by atoms with Crippen molar-refractivity contribution in [1.29, 1.82) is 0 Å². The van der Waals surface area contributed by atoms with E-state index >= 15 is 0 Å². The molecule has 0 bridgehead atoms. The van der Waals surface area contributed by atoms with E-state index in [0.717, 1.165) is 44.1 Å². The molecule has 0 aliphatic carbocycles. The molecule has 11 heteroatoms. The first-order chi connectivity index (χ1) is 15.1. The average Bonchev–Trinajstić information content (AvgIpc) is 3.16. The molecule has 0 unspecified atom stereocenters. The Hall–Kier alpha value is -3.47. The number of rotatable bonds is 4. The Morgan fingerprint density at radius 2 is 1.91 bits per heavy atom. The van der Waals surface area contributed by atoms with E-state index in [0.29, 0.717) is 10.9 Å². The molecule has 2 aromatic heterocycles. The number of likely N-dealkylation sites (tertiary alicyclic amines) is 1. The quantitative estimate of drug-likeness (QED) is 0.633. The second kappa shape index (κ2) is 8.23. The van der Waals surface area contributed by atoms with Crippen LogP contribution in [0.15, 0.2) is 36.5 Å². The minimum absolute atomic E-state index is 0.0443. The summed E-state index contributed by atoms with van der Waals surface area (Å²) >= 11 is 0. The van der Waals surface area contributed by atoms with Crippen LogP contribution in [-0.2, 0) is 6.18 Å². The third kappa shape index (κ3) is 4.42. The van der Waals surface area contributed by atoms with Crippen molar-refractivity contribution in [1.82, 2.24) is 19.7 Å². The van der Waals surface area contributed by atoms with Crippen LogP contribution in [0.25, 0.3) is 10.9 Å². The first kappa shape index (κ1) is 21.8. The van der Waals surface area contributed by atoms with Gasteiger partial charge in [0, 0.05) is 11.6 Å². The second-order valence-corrected chi connectivity index (χ2v) is 7.77. The normalized spacial score (nSPS) is 15.8. The lowest BCUT2D eigenvalue weighted by molar-refractivity contribution is -0.141. The molecule has 1 saturated heterocycles. The number of benzene rings is 1. The molecule has 0 spiro atoms. The number of carboxylic acids is 1. The number of carboxylic acid groups (broad SMARTS) is 1. The number of amides is 1. The molecule has 1 aromatic carbocycles. The van der Waals surface area contributed by atoms with Gasteiger partial charge in [-0.15, -0.1) is 0 Å². The SMILES string of the molecule is CN1CCC(n2cc3cc(NC(=O)c4cccc(C(F)(F)F)n4)c(C(=O)O)cc3n2)CC1. The van der Waals surface area contributed by atoms with Crippen molar-refractivity contribution in [2.45, 2.75) is 25.1 Å². The van der Waals surface area contributed by atoms with E-state index in [-0.39, 0.29) is 17.3 Å². The molecule has 0 radical (unpaired) electrons. The summed E-state index contributed by atoms with van der Waals surface area (Å²) < 4.78 is 40.5. The molecule has 168 valence electrons. The summed E-state index contributed by atoms with van der Waals surface area (Å²) in [5.74, 6) is -2.24. The molecule has 1 aliphatic heterocycles. The minimum atomic E-state index is -4.70. The number of aromatic carboxylic acids is 1. The second-order valence-electron chi connectivity index (χ2n) is 7.77. The van der Waals surface area contributed by atoms with Crippen molar-refractivity contribution in [3.8, 4) is 0 Å². The smallest absolute Gasteiger partial charge is 0.433 e. The van der Waals surface area contributed by atoms with Gasteiger partial charge in [-0.2, -0.15) is 18.3 Å². The van der Waals surface area contributed by atoms with E-state index in [1.165, 1.54) is 12.1 Å². The Balaban J connectivity index is 1.65. The third-order valence-corrected chi connectivity index (χ3v) is 5.47. The number of nitrogens with one attached hydrogen (secondary N) is 1. The number of halogens is 3. The number of pyridine rings is 1. The van der Waals surface area contributed by atoms with Gasteiger partial charge >= 0.3 is 12.1 Å². The van der Waals surface area contributed by atoms with Gasteiger partial charge < -0.3 is 15.3 Å². The van der Waals surface area contributed by atoms with Gasteiger partial charge in [0.15, 0.2) is 0 Å². The van der Waals surface area contributed by atoms with Crippen molar-refractivity contribution in [3.05, 3.63) is 53.5 Å². The summed E-state index contributed by atoms with van der Waals surface area (Å²) in [7, 11) is 2.04. The Labute approximate surface area is 180 Å². The zero-order valence-corrected chi connectivity index (χ0v) is 17.1. The van der Waals surface area contributed by atoms with Gasteiger partial charge in [0.25, 0.3) is 5.91 Å². The van der Waals surface area contributed by atoms with Crippen molar-refractivity contribution in [3.63, 3.8) is 0 Å². The first-order valence-corrected chi connectivity index (χ1v) is 9.92. The van der Waals surface area contributed by atoms with Gasteiger partial charge in [-0.3, -0.25) is 9.48 Å². The molecule has 0 saturated carbocycles. The largest absolute Gasteiger partial charge is 0.478 e. The number of anilines is 1. The van der Waals surface area contributed by atoms with Gasteiger partial charge in [0.2, 0.25) is 0 Å². The maximum atomic E-state index is 12.9. The topological polar surface area (TPSA) is 100 Å². The number of hydrogen-bond acceptors (Lipinski definition) is 5. The Morgan fingerprint density at radius 1 is 1.19 bits per heavy atom. The maximum Gasteiger partial charge on any atom is 0.433 e. The third-order valence-electron chi connectivity index (χ3n) is 5.47. The van der Waals surface area contributed by atoms with E-state index in [2.05, 4.69) is 20.3 Å². The van der Waals surface area contributed by atoms with Crippen LogP contribution in [0.2, 0.25) is 0 Å². The standard InChI is InChI=1S/C21H20F3N5O3/c1-28-7-5-13(6-8-28)29-11-12-9-17(14(20(31)32)10-16(12)27-29)26-19(30)15-3-2-4-18(25-15)21(22,23)24/h2-4,9-11,13H,5-8H2,1H3,(H,26,30)(H,31,32). The highest BCUT2D eigenvalue weighted by Crippen LogP contribution is 2.29. The highest BCUT2D eigenvalue weighted by Gasteiger charge is 2.33. The molecular weight excluding hydrogens is 427 g/mol. The van der Waals surface area contributed by atoms with Crippen LogP contribution in [0.1, 0.15) is 45.4 Å². The number of carbonyl (C=O) groups is 2. The molecule has 32 heavy (non-hydrogen) atoms. The first-order valence-electron chi connectivity index (χ1n) is 9.92. The minimum Gasteiger partial charge on any atom is -0.478 e. The summed E-state index contributed by atoms with van der Waals surface area (Å²) in [6.07, 6.45) is -1.11. The van der Waals surface area contributed by atoms with Gasteiger partial charge in [-0.05, 0) is 57.2 Å².